The van der Waals surface area contributed by atoms with E-state index in [9.17, 15) is 13.2 Å². The standard InChI is InChI=1S/C21H26ClN3O4S/c1-3-29-20-10-9-18(15-19(20)22)30(27,28)23-16(2)21(26)25-13-11-24(12-14-25)17-7-5-4-6-8-17/h4-10,15-16,23H,3,11-14H2,1-2H3/t16-/m0/s1. The minimum absolute atomic E-state index is 0.00972. The van der Waals surface area contributed by atoms with Crippen LogP contribution in [0.5, 0.6) is 5.75 Å². The van der Waals surface area contributed by atoms with Crippen LogP contribution in [0.1, 0.15) is 13.8 Å². The van der Waals surface area contributed by atoms with Gasteiger partial charge in [0.1, 0.15) is 5.75 Å². The lowest BCUT2D eigenvalue weighted by atomic mass is 10.2. The molecule has 162 valence electrons. The highest BCUT2D eigenvalue weighted by Gasteiger charge is 2.28. The van der Waals surface area contributed by atoms with Gasteiger partial charge in [0.05, 0.1) is 22.6 Å². The van der Waals surface area contributed by atoms with Crippen LogP contribution >= 0.6 is 11.6 Å². The Kier molecular flexibility index (Phi) is 7.23. The molecule has 9 heteroatoms. The van der Waals surface area contributed by atoms with E-state index in [1.165, 1.54) is 18.2 Å². The topological polar surface area (TPSA) is 78.9 Å². The number of para-hydroxylation sites is 1. The van der Waals surface area contributed by atoms with E-state index in [-0.39, 0.29) is 15.8 Å². The van der Waals surface area contributed by atoms with Crippen molar-refractivity contribution in [1.29, 1.82) is 0 Å². The average Bonchev–Trinajstić information content (AvgIpc) is 2.75. The number of benzene rings is 2. The Morgan fingerprint density at radius 1 is 1.13 bits per heavy atom. The summed E-state index contributed by atoms with van der Waals surface area (Å²) in [4.78, 5) is 16.7. The van der Waals surface area contributed by atoms with Crippen LogP contribution in [0.25, 0.3) is 0 Å². The second-order valence-electron chi connectivity index (χ2n) is 7.02. The van der Waals surface area contributed by atoms with Gasteiger partial charge in [-0.2, -0.15) is 4.72 Å². The van der Waals surface area contributed by atoms with Crippen molar-refractivity contribution in [2.24, 2.45) is 0 Å². The lowest BCUT2D eigenvalue weighted by Gasteiger charge is -2.37. The number of ether oxygens (including phenoxy) is 1. The van der Waals surface area contributed by atoms with Crippen molar-refractivity contribution in [1.82, 2.24) is 9.62 Å². The van der Waals surface area contributed by atoms with Crippen molar-refractivity contribution in [3.8, 4) is 5.75 Å². The molecular weight excluding hydrogens is 426 g/mol. The van der Waals surface area contributed by atoms with Crippen LogP contribution in [0.15, 0.2) is 53.4 Å². The fourth-order valence-electron chi connectivity index (χ4n) is 3.37. The highest BCUT2D eigenvalue weighted by atomic mass is 35.5. The molecule has 0 aliphatic carbocycles. The molecule has 7 nitrogen and oxygen atoms in total. The fourth-order valence-corrected chi connectivity index (χ4v) is 4.89. The monoisotopic (exact) mass is 451 g/mol. The summed E-state index contributed by atoms with van der Waals surface area (Å²) in [6.07, 6.45) is 0. The minimum Gasteiger partial charge on any atom is -0.492 e. The smallest absolute Gasteiger partial charge is 0.241 e. The van der Waals surface area contributed by atoms with E-state index in [0.29, 0.717) is 38.5 Å². The SMILES string of the molecule is CCOc1ccc(S(=O)(=O)N[C@@H](C)C(=O)N2CCN(c3ccccc3)CC2)cc1Cl. The van der Waals surface area contributed by atoms with Crippen LogP contribution in [-0.2, 0) is 14.8 Å². The summed E-state index contributed by atoms with van der Waals surface area (Å²) in [5.41, 5.74) is 1.12. The van der Waals surface area contributed by atoms with Crippen LogP contribution in [-0.4, -0.2) is 58.1 Å². The number of carbonyl (C=O) groups is 1. The van der Waals surface area contributed by atoms with Gasteiger partial charge < -0.3 is 14.5 Å². The van der Waals surface area contributed by atoms with Gasteiger partial charge >= 0.3 is 0 Å². The largest absolute Gasteiger partial charge is 0.492 e. The maximum Gasteiger partial charge on any atom is 0.241 e. The molecule has 1 heterocycles. The number of halogens is 1. The minimum atomic E-state index is -3.90. The summed E-state index contributed by atoms with van der Waals surface area (Å²) in [5, 5.41) is 0.204. The van der Waals surface area contributed by atoms with Gasteiger partial charge in [0, 0.05) is 31.9 Å². The fraction of sp³-hybridized carbons (Fsp3) is 0.381. The van der Waals surface area contributed by atoms with Crippen LogP contribution in [0.3, 0.4) is 0 Å². The van der Waals surface area contributed by atoms with Crippen LogP contribution in [0.2, 0.25) is 5.02 Å². The van der Waals surface area contributed by atoms with Crippen molar-refractivity contribution < 1.29 is 17.9 Å². The van der Waals surface area contributed by atoms with Crippen molar-refractivity contribution in [2.75, 3.05) is 37.7 Å². The molecule has 2 aromatic rings. The average molecular weight is 452 g/mol. The number of piperazine rings is 1. The molecule has 2 aromatic carbocycles. The van der Waals surface area contributed by atoms with Crippen molar-refractivity contribution in [3.05, 3.63) is 53.6 Å². The molecule has 0 bridgehead atoms. The third-order valence-corrected chi connectivity index (χ3v) is 6.76. The zero-order valence-electron chi connectivity index (χ0n) is 17.0. The van der Waals surface area contributed by atoms with Crippen LogP contribution in [0, 0.1) is 0 Å². The molecule has 0 radical (unpaired) electrons. The number of nitrogens with one attached hydrogen (secondary N) is 1. The molecule has 1 aliphatic heterocycles. The second kappa shape index (κ2) is 9.68. The van der Waals surface area contributed by atoms with Crippen molar-refractivity contribution in [2.45, 2.75) is 24.8 Å². The Morgan fingerprint density at radius 2 is 1.80 bits per heavy atom. The van der Waals surface area contributed by atoms with E-state index in [0.717, 1.165) is 5.69 Å². The third-order valence-electron chi connectivity index (χ3n) is 4.93. The van der Waals surface area contributed by atoms with E-state index >= 15 is 0 Å². The molecule has 1 amide bonds. The van der Waals surface area contributed by atoms with Gasteiger partial charge in [0.15, 0.2) is 0 Å². The molecule has 0 aromatic heterocycles. The van der Waals surface area contributed by atoms with E-state index in [1.807, 2.05) is 37.3 Å². The van der Waals surface area contributed by atoms with E-state index in [4.69, 9.17) is 16.3 Å². The summed E-state index contributed by atoms with van der Waals surface area (Å²) in [6.45, 7) is 6.26. The Bertz CT molecular complexity index is 977. The van der Waals surface area contributed by atoms with E-state index in [2.05, 4.69) is 9.62 Å². The molecule has 1 saturated heterocycles. The number of sulfonamides is 1. The second-order valence-corrected chi connectivity index (χ2v) is 9.14. The molecule has 1 atom stereocenters. The number of amides is 1. The number of nitrogens with zero attached hydrogens (tertiary/aromatic N) is 2. The van der Waals surface area contributed by atoms with Gasteiger partial charge in [-0.1, -0.05) is 29.8 Å². The molecule has 1 N–H and O–H groups in total. The summed E-state index contributed by atoms with van der Waals surface area (Å²) >= 11 is 6.10. The van der Waals surface area contributed by atoms with E-state index in [1.54, 1.807) is 11.8 Å². The molecule has 1 fully saturated rings. The molecule has 0 saturated carbocycles. The van der Waals surface area contributed by atoms with Gasteiger partial charge in [-0.15, -0.1) is 0 Å². The van der Waals surface area contributed by atoms with Crippen LogP contribution < -0.4 is 14.4 Å². The first-order valence-corrected chi connectivity index (χ1v) is 11.7. The summed E-state index contributed by atoms with van der Waals surface area (Å²) in [6, 6.07) is 13.4. The molecule has 3 rings (SSSR count). The zero-order valence-corrected chi connectivity index (χ0v) is 18.6. The quantitative estimate of drug-likeness (QED) is 0.700. The van der Waals surface area contributed by atoms with Gasteiger partial charge in [-0.05, 0) is 44.2 Å². The zero-order chi connectivity index (χ0) is 21.7. The predicted octanol–water partition coefficient (Wildman–Crippen LogP) is 2.75. The normalized spacial score (nSPS) is 15.7. The lowest BCUT2D eigenvalue weighted by molar-refractivity contribution is -0.132. The molecule has 1 aliphatic rings. The van der Waals surface area contributed by atoms with Gasteiger partial charge in [-0.25, -0.2) is 8.42 Å². The molecule has 0 unspecified atom stereocenters. The lowest BCUT2D eigenvalue weighted by Crippen LogP contribution is -2.54. The Labute approximate surface area is 182 Å². The highest BCUT2D eigenvalue weighted by Crippen LogP contribution is 2.27. The van der Waals surface area contributed by atoms with Crippen LogP contribution in [0.4, 0.5) is 5.69 Å². The number of rotatable bonds is 7. The maximum absolute atomic E-state index is 12.8. The first-order valence-electron chi connectivity index (χ1n) is 9.85. The molecule has 0 spiro atoms. The number of hydrogen-bond acceptors (Lipinski definition) is 5. The number of hydrogen-bond donors (Lipinski definition) is 1. The van der Waals surface area contributed by atoms with Gasteiger partial charge in [0.2, 0.25) is 15.9 Å². The van der Waals surface area contributed by atoms with Gasteiger partial charge in [0.25, 0.3) is 0 Å². The Balaban J connectivity index is 1.60. The molecular formula is C21H26ClN3O4S. The first-order chi connectivity index (χ1) is 14.3. The molecule has 30 heavy (non-hydrogen) atoms. The number of carbonyl (C=O) groups excluding carboxylic acids is 1. The van der Waals surface area contributed by atoms with Crippen molar-refractivity contribution >= 4 is 33.2 Å². The highest BCUT2D eigenvalue weighted by molar-refractivity contribution is 7.89. The van der Waals surface area contributed by atoms with Crippen molar-refractivity contribution in [3.63, 3.8) is 0 Å². The Morgan fingerprint density at radius 3 is 2.40 bits per heavy atom. The third kappa shape index (κ3) is 5.24. The predicted molar refractivity (Wildman–Crippen MR) is 118 cm³/mol. The Hall–Kier alpha value is -2.29. The van der Waals surface area contributed by atoms with Gasteiger partial charge in [-0.3, -0.25) is 4.79 Å². The summed E-state index contributed by atoms with van der Waals surface area (Å²) < 4.78 is 33.2. The summed E-state index contributed by atoms with van der Waals surface area (Å²) in [5.74, 6) is 0.168. The maximum atomic E-state index is 12.8. The number of anilines is 1. The first kappa shape index (κ1) is 22.4. The summed E-state index contributed by atoms with van der Waals surface area (Å²) in [7, 11) is -3.90. The van der Waals surface area contributed by atoms with E-state index < -0.39 is 16.1 Å².